The Morgan fingerprint density at radius 1 is 1.50 bits per heavy atom. The number of amides is 1. The van der Waals surface area contributed by atoms with Gasteiger partial charge in [-0.2, -0.15) is 0 Å². The summed E-state index contributed by atoms with van der Waals surface area (Å²) in [7, 11) is 0. The van der Waals surface area contributed by atoms with E-state index in [0.29, 0.717) is 0 Å². The average molecular weight is 159 g/mol. The van der Waals surface area contributed by atoms with Crippen molar-refractivity contribution in [3.8, 4) is 0 Å². The summed E-state index contributed by atoms with van der Waals surface area (Å²) in [5.41, 5.74) is 0. The first kappa shape index (κ1) is 7.60. The van der Waals surface area contributed by atoms with Crippen LogP contribution in [0.5, 0.6) is 0 Å². The third kappa shape index (κ3) is 1.31. The van der Waals surface area contributed by atoms with Gasteiger partial charge in [-0.1, -0.05) is 13.8 Å². The molecule has 1 unspecified atom stereocenters. The fourth-order valence-corrected chi connectivity index (χ4v) is 1.64. The van der Waals surface area contributed by atoms with E-state index < -0.39 is 0 Å². The number of nitrogens with one attached hydrogen (secondary N) is 1. The summed E-state index contributed by atoms with van der Waals surface area (Å²) in [6.45, 7) is 3.82. The highest BCUT2D eigenvalue weighted by atomic mass is 32.2. The van der Waals surface area contributed by atoms with Gasteiger partial charge in [-0.25, -0.2) is 0 Å². The lowest BCUT2D eigenvalue weighted by Crippen LogP contribution is -2.33. The second-order valence-electron chi connectivity index (χ2n) is 2.57. The molecule has 1 atom stereocenters. The Hall–Kier alpha value is -0.510. The fourth-order valence-electron chi connectivity index (χ4n) is 0.809. The largest absolute Gasteiger partial charge is 0.336 e. The molecule has 0 spiro atoms. The van der Waals surface area contributed by atoms with Crippen molar-refractivity contribution in [3.63, 3.8) is 0 Å². The predicted octanol–water partition coefficient (Wildman–Crippen LogP) is 0.994. The van der Waals surface area contributed by atoms with Crippen LogP contribution in [-0.4, -0.2) is 16.4 Å². The maximum Gasteiger partial charge on any atom is 0.287 e. The summed E-state index contributed by atoms with van der Waals surface area (Å²) in [5.74, 6) is 0.200. The Labute approximate surface area is 63.6 Å². The number of carbonyl (C=O) groups excluding carboxylic acids is 2. The van der Waals surface area contributed by atoms with Crippen molar-refractivity contribution >= 4 is 22.1 Å². The quantitative estimate of drug-likeness (QED) is 0.620. The summed E-state index contributed by atoms with van der Waals surface area (Å²) in [6.07, 6.45) is 0. The maximum atomic E-state index is 10.9. The van der Waals surface area contributed by atoms with E-state index in [9.17, 15) is 9.59 Å². The minimum atomic E-state index is -0.266. The van der Waals surface area contributed by atoms with Gasteiger partial charge >= 0.3 is 0 Å². The third-order valence-electron chi connectivity index (χ3n) is 1.39. The van der Waals surface area contributed by atoms with Crippen LogP contribution in [0.4, 0.5) is 4.79 Å². The number of rotatable bonds is 1. The predicted molar refractivity (Wildman–Crippen MR) is 39.8 cm³/mol. The Morgan fingerprint density at radius 2 is 2.10 bits per heavy atom. The molecule has 0 bridgehead atoms. The van der Waals surface area contributed by atoms with Gasteiger partial charge in [0.05, 0.1) is 0 Å². The molecule has 1 fully saturated rings. The van der Waals surface area contributed by atoms with E-state index in [1.807, 2.05) is 13.8 Å². The Bertz CT molecular complexity index is 179. The molecule has 10 heavy (non-hydrogen) atoms. The molecule has 1 N–H and O–H groups in total. The van der Waals surface area contributed by atoms with Crippen molar-refractivity contribution in [3.05, 3.63) is 0 Å². The molecule has 0 aromatic carbocycles. The van der Waals surface area contributed by atoms with E-state index in [2.05, 4.69) is 5.32 Å². The van der Waals surface area contributed by atoms with Crippen LogP contribution in [0, 0.1) is 5.92 Å². The maximum absolute atomic E-state index is 10.9. The van der Waals surface area contributed by atoms with Gasteiger partial charge in [-0.3, -0.25) is 9.59 Å². The second-order valence-corrected chi connectivity index (χ2v) is 3.55. The fraction of sp³-hybridized carbons (Fsp3) is 0.667. The molecular weight excluding hydrogens is 150 g/mol. The summed E-state index contributed by atoms with van der Waals surface area (Å²) in [6, 6.07) is -0.266. The minimum absolute atomic E-state index is 0.0556. The molecule has 0 aromatic heterocycles. The molecule has 56 valence electrons. The van der Waals surface area contributed by atoms with Crippen LogP contribution in [0.3, 0.4) is 0 Å². The van der Waals surface area contributed by atoms with E-state index in [0.717, 1.165) is 11.8 Å². The van der Waals surface area contributed by atoms with Crippen molar-refractivity contribution in [2.24, 2.45) is 5.92 Å². The zero-order chi connectivity index (χ0) is 7.72. The van der Waals surface area contributed by atoms with Gasteiger partial charge in [-0.15, -0.1) is 0 Å². The number of carbonyl (C=O) groups is 2. The standard InChI is InChI=1S/C6H9NO2S/c1-3(2)4-5(8)10-6(9)7-4/h3-4H,1-2H3,(H,7,9). The number of thioether (sulfide) groups is 1. The van der Waals surface area contributed by atoms with Crippen molar-refractivity contribution < 1.29 is 9.59 Å². The van der Waals surface area contributed by atoms with Gasteiger partial charge in [0.2, 0.25) is 5.12 Å². The zero-order valence-electron chi connectivity index (χ0n) is 5.88. The number of hydrogen-bond donors (Lipinski definition) is 1. The van der Waals surface area contributed by atoms with Crippen LogP contribution in [0.25, 0.3) is 0 Å². The Kier molecular flexibility index (Phi) is 1.99. The lowest BCUT2D eigenvalue weighted by molar-refractivity contribution is -0.112. The molecule has 1 aliphatic rings. The van der Waals surface area contributed by atoms with Crippen molar-refractivity contribution in [2.45, 2.75) is 19.9 Å². The highest BCUT2D eigenvalue weighted by molar-refractivity contribution is 8.26. The Morgan fingerprint density at radius 3 is 2.30 bits per heavy atom. The van der Waals surface area contributed by atoms with E-state index in [1.165, 1.54) is 0 Å². The molecule has 0 radical (unpaired) electrons. The zero-order valence-corrected chi connectivity index (χ0v) is 6.70. The van der Waals surface area contributed by atoms with Crippen LogP contribution in [-0.2, 0) is 4.79 Å². The first-order chi connectivity index (χ1) is 4.61. The molecule has 1 aliphatic heterocycles. The third-order valence-corrected chi connectivity index (χ3v) is 2.15. The van der Waals surface area contributed by atoms with Crippen LogP contribution in [0.1, 0.15) is 13.8 Å². The second kappa shape index (κ2) is 2.62. The number of hydrogen-bond acceptors (Lipinski definition) is 3. The van der Waals surface area contributed by atoms with Gasteiger partial charge in [-0.05, 0) is 5.92 Å². The topological polar surface area (TPSA) is 46.2 Å². The molecule has 0 saturated carbocycles. The van der Waals surface area contributed by atoms with Crippen LogP contribution < -0.4 is 5.32 Å². The molecular formula is C6H9NO2S. The summed E-state index contributed by atoms with van der Waals surface area (Å²) in [4.78, 5) is 21.5. The minimum Gasteiger partial charge on any atom is -0.336 e. The van der Waals surface area contributed by atoms with Crippen LogP contribution in [0.15, 0.2) is 0 Å². The van der Waals surface area contributed by atoms with E-state index in [-0.39, 0.29) is 22.3 Å². The first-order valence-electron chi connectivity index (χ1n) is 3.13. The van der Waals surface area contributed by atoms with E-state index in [1.54, 1.807) is 0 Å². The van der Waals surface area contributed by atoms with Crippen molar-refractivity contribution in [2.75, 3.05) is 0 Å². The molecule has 1 saturated heterocycles. The summed E-state index contributed by atoms with van der Waals surface area (Å²) < 4.78 is 0. The highest BCUT2D eigenvalue weighted by Crippen LogP contribution is 2.20. The van der Waals surface area contributed by atoms with Gasteiger partial charge < -0.3 is 5.32 Å². The lowest BCUT2D eigenvalue weighted by Gasteiger charge is -2.09. The lowest BCUT2D eigenvalue weighted by atomic mass is 10.1. The van der Waals surface area contributed by atoms with E-state index >= 15 is 0 Å². The highest BCUT2D eigenvalue weighted by Gasteiger charge is 2.33. The van der Waals surface area contributed by atoms with Crippen LogP contribution >= 0.6 is 11.8 Å². The molecule has 1 rings (SSSR count). The monoisotopic (exact) mass is 159 g/mol. The molecule has 3 nitrogen and oxygen atoms in total. The SMILES string of the molecule is CC(C)C1NC(=O)SC1=O. The summed E-state index contributed by atoms with van der Waals surface area (Å²) >= 11 is 0.768. The van der Waals surface area contributed by atoms with Gasteiger partial charge in [0.1, 0.15) is 6.04 Å². The van der Waals surface area contributed by atoms with Crippen molar-refractivity contribution in [1.29, 1.82) is 0 Å². The first-order valence-corrected chi connectivity index (χ1v) is 3.95. The Balaban J connectivity index is 2.63. The van der Waals surface area contributed by atoms with Crippen LogP contribution in [0.2, 0.25) is 0 Å². The van der Waals surface area contributed by atoms with Gasteiger partial charge in [0.15, 0.2) is 0 Å². The van der Waals surface area contributed by atoms with E-state index in [4.69, 9.17) is 0 Å². The van der Waals surface area contributed by atoms with Gasteiger partial charge in [0.25, 0.3) is 5.24 Å². The smallest absolute Gasteiger partial charge is 0.287 e. The van der Waals surface area contributed by atoms with Gasteiger partial charge in [0, 0.05) is 11.8 Å². The average Bonchev–Trinajstić information content (AvgIpc) is 2.10. The normalized spacial score (nSPS) is 25.7. The molecule has 4 heteroatoms. The molecule has 0 aliphatic carbocycles. The molecule has 1 amide bonds. The summed E-state index contributed by atoms with van der Waals surface area (Å²) in [5, 5.41) is 2.30. The molecule has 0 aromatic rings. The molecule has 1 heterocycles. The van der Waals surface area contributed by atoms with Crippen molar-refractivity contribution in [1.82, 2.24) is 5.32 Å².